The Morgan fingerprint density at radius 2 is 1.34 bits per heavy atom. The number of nitrogens with zero attached hydrogens (tertiary/aromatic N) is 4. The second-order valence-corrected chi connectivity index (χ2v) is 6.59. The van der Waals surface area contributed by atoms with E-state index in [4.69, 9.17) is 5.73 Å². The first-order valence-corrected chi connectivity index (χ1v) is 10.0. The quantitative estimate of drug-likeness (QED) is 0.156. The van der Waals surface area contributed by atoms with E-state index in [9.17, 15) is 25.1 Å². The average molecular weight is 470 g/mol. The molecule has 3 aromatic carbocycles. The van der Waals surface area contributed by atoms with E-state index in [0.29, 0.717) is 5.69 Å². The van der Waals surface area contributed by atoms with Crippen molar-refractivity contribution in [2.24, 2.45) is 15.9 Å². The number of benzene rings is 3. The summed E-state index contributed by atoms with van der Waals surface area (Å²) in [6.45, 7) is 0. The lowest BCUT2D eigenvalue weighted by atomic mass is 10.2. The molecule has 0 aromatic heterocycles. The van der Waals surface area contributed by atoms with Crippen LogP contribution in [0.5, 0.6) is 0 Å². The maximum Gasteiger partial charge on any atom is 0.298 e. The van der Waals surface area contributed by atoms with Crippen molar-refractivity contribution in [3.8, 4) is 0 Å². The van der Waals surface area contributed by atoms with E-state index < -0.39 is 9.85 Å². The van der Waals surface area contributed by atoms with Crippen molar-refractivity contribution in [1.82, 2.24) is 0 Å². The highest BCUT2D eigenvalue weighted by molar-refractivity contribution is 5.83. The summed E-state index contributed by atoms with van der Waals surface area (Å²) in [6.07, 6.45) is 11.7. The summed E-state index contributed by atoms with van der Waals surface area (Å²) in [5, 5.41) is 23.5. The van der Waals surface area contributed by atoms with Crippen molar-refractivity contribution < 1.29 is 9.85 Å². The zero-order valence-corrected chi connectivity index (χ0v) is 18.3. The Hall–Kier alpha value is -5.34. The van der Waals surface area contributed by atoms with E-state index in [-0.39, 0.29) is 17.1 Å². The van der Waals surface area contributed by atoms with Crippen LogP contribution in [0.2, 0.25) is 0 Å². The van der Waals surface area contributed by atoms with E-state index in [1.807, 2.05) is 48.6 Å². The van der Waals surface area contributed by atoms with Gasteiger partial charge < -0.3 is 5.73 Å². The first kappa shape index (κ1) is 25.9. The molecule has 10 nitrogen and oxygen atoms in total. The van der Waals surface area contributed by atoms with Crippen LogP contribution >= 0.6 is 0 Å². The number of nitro benzene ring substituents is 2. The first-order valence-electron chi connectivity index (χ1n) is 10.0. The number of allylic oxidation sites excluding steroid dienone is 5. The van der Waals surface area contributed by atoms with Gasteiger partial charge in [0.05, 0.1) is 15.9 Å². The number of para-hydroxylation sites is 3. The Kier molecular flexibility index (Phi) is 10.3. The molecule has 10 heteroatoms. The van der Waals surface area contributed by atoms with Crippen molar-refractivity contribution >= 4 is 29.0 Å². The van der Waals surface area contributed by atoms with Crippen LogP contribution < -0.4 is 5.73 Å². The van der Waals surface area contributed by atoms with Crippen LogP contribution in [0, 0.1) is 31.2 Å². The lowest BCUT2D eigenvalue weighted by molar-refractivity contribution is -0.384. The Morgan fingerprint density at radius 1 is 0.800 bits per heavy atom. The highest BCUT2D eigenvalue weighted by atomic mass is 16.6. The molecule has 4 rings (SSSR count). The number of aliphatic imine (C=N–C) groups is 1. The minimum absolute atomic E-state index is 0.0136. The third-order valence-electron chi connectivity index (χ3n) is 4.14. The molecule has 35 heavy (non-hydrogen) atoms. The summed E-state index contributed by atoms with van der Waals surface area (Å²) in [4.78, 5) is 34.0. The molecule has 0 bridgehead atoms. The van der Waals surface area contributed by atoms with Gasteiger partial charge >= 0.3 is 0 Å². The first-order chi connectivity index (χ1) is 16.9. The number of rotatable bonds is 5. The fourth-order valence-electron chi connectivity index (χ4n) is 2.51. The predicted octanol–water partition coefficient (Wildman–Crippen LogP) is 6.10. The molecule has 0 radical (unpaired) electrons. The van der Waals surface area contributed by atoms with E-state index in [1.54, 1.807) is 30.5 Å². The Labute approximate surface area is 200 Å². The Balaban J connectivity index is 0.000000205. The number of hydrogen-bond donors (Lipinski definition) is 1. The molecule has 0 atom stereocenters. The highest BCUT2D eigenvalue weighted by Gasteiger charge is 2.11. The van der Waals surface area contributed by atoms with Crippen molar-refractivity contribution in [2.45, 2.75) is 0 Å². The van der Waals surface area contributed by atoms with Crippen molar-refractivity contribution in [2.75, 3.05) is 0 Å². The molecular weight excluding hydrogens is 450 g/mol. The van der Waals surface area contributed by atoms with Crippen LogP contribution in [0.3, 0.4) is 0 Å². The molecule has 0 unspecified atom stereocenters. The van der Waals surface area contributed by atoms with Gasteiger partial charge in [-0.25, -0.2) is 4.99 Å². The molecule has 0 spiro atoms. The van der Waals surface area contributed by atoms with Gasteiger partial charge in [-0.1, -0.05) is 54.6 Å². The molecule has 1 aliphatic carbocycles. The van der Waals surface area contributed by atoms with Crippen molar-refractivity contribution in [1.29, 1.82) is 0 Å². The van der Waals surface area contributed by atoms with E-state index in [2.05, 4.69) is 16.2 Å². The van der Waals surface area contributed by atoms with Crippen LogP contribution in [-0.4, -0.2) is 16.1 Å². The molecule has 3 aromatic rings. The predicted molar refractivity (Wildman–Crippen MR) is 135 cm³/mol. The zero-order chi connectivity index (χ0) is 25.5. The monoisotopic (exact) mass is 470 g/mol. The number of nitrogens with two attached hydrogens (primary N) is 1. The molecule has 1 aliphatic rings. The van der Waals surface area contributed by atoms with E-state index in [0.717, 1.165) is 11.3 Å². The van der Waals surface area contributed by atoms with Crippen molar-refractivity contribution in [3.63, 3.8) is 0 Å². The van der Waals surface area contributed by atoms with Gasteiger partial charge in [-0.2, -0.15) is 0 Å². The van der Waals surface area contributed by atoms with Gasteiger partial charge in [-0.15, -0.1) is 4.91 Å². The van der Waals surface area contributed by atoms with Crippen LogP contribution in [-0.2, 0) is 0 Å². The van der Waals surface area contributed by atoms with Gasteiger partial charge in [0.1, 0.15) is 23.5 Å². The molecule has 174 valence electrons. The number of nitroso groups, excluding NO2 is 1. The maximum atomic E-state index is 10.8. The molecule has 0 heterocycles. The van der Waals surface area contributed by atoms with Gasteiger partial charge in [0.15, 0.2) is 5.69 Å². The van der Waals surface area contributed by atoms with Crippen LogP contribution in [0.1, 0.15) is 5.56 Å². The molecule has 2 N–H and O–H groups in total. The molecule has 0 amide bonds. The second kappa shape index (κ2) is 13.9. The summed E-state index contributed by atoms with van der Waals surface area (Å²) in [7, 11) is 0. The lowest BCUT2D eigenvalue weighted by Crippen LogP contribution is -1.92. The van der Waals surface area contributed by atoms with Gasteiger partial charge in [0.2, 0.25) is 0 Å². The minimum Gasteiger partial charge on any atom is -0.347 e. The van der Waals surface area contributed by atoms with Crippen LogP contribution in [0.4, 0.5) is 22.7 Å². The highest BCUT2D eigenvalue weighted by Crippen LogP contribution is 2.26. The van der Waals surface area contributed by atoms with E-state index in [1.165, 1.54) is 30.3 Å². The summed E-state index contributed by atoms with van der Waals surface area (Å²) in [5.41, 5.74) is 6.97. The largest absolute Gasteiger partial charge is 0.347 e. The van der Waals surface area contributed by atoms with Gasteiger partial charge in [0, 0.05) is 30.5 Å². The summed E-state index contributed by atoms with van der Waals surface area (Å²) < 4.78 is 0. The van der Waals surface area contributed by atoms with Crippen molar-refractivity contribution in [3.05, 3.63) is 146 Å². The van der Waals surface area contributed by atoms with Gasteiger partial charge in [-0.3, -0.25) is 20.2 Å². The molecule has 0 fully saturated rings. The fourth-order valence-corrected chi connectivity index (χ4v) is 2.51. The minimum atomic E-state index is -0.642. The SMILES string of the molecule is NC1=CC=C[C+]=C1.O=Nc1ccccc1[N+](=O)[O-].O=[N+]([O-])c1ccccc1N=Cc1ccccc1. The molecular formula is C25H20N5O5+. The standard InChI is InChI=1S/C13H10N2O2.C6H4N2O3.C6H6N/c16-15(17)13-9-5-4-8-12(13)14-10-11-6-2-1-3-7-11;9-7-5-3-1-2-4-6(5)8(10)11;7-6-4-2-1-3-5-6/h1-10H;1-4H;1-2,4-5H,7H2/q;;+1. The van der Waals surface area contributed by atoms with Crippen LogP contribution in [0.25, 0.3) is 0 Å². The summed E-state index contributed by atoms with van der Waals surface area (Å²) in [5.74, 6) is 0. The van der Waals surface area contributed by atoms with Crippen LogP contribution in [0.15, 0.2) is 119 Å². The third kappa shape index (κ3) is 8.97. The average Bonchev–Trinajstić information content (AvgIpc) is 2.89. The Bertz CT molecular complexity index is 1280. The second-order valence-electron chi connectivity index (χ2n) is 6.59. The number of nitro groups is 2. The molecule has 0 saturated heterocycles. The van der Waals surface area contributed by atoms with E-state index >= 15 is 0 Å². The molecule has 0 aliphatic heterocycles. The number of hydrogen-bond acceptors (Lipinski definition) is 8. The maximum absolute atomic E-state index is 10.8. The normalized spacial score (nSPS) is 11.1. The Morgan fingerprint density at radius 3 is 1.80 bits per heavy atom. The third-order valence-corrected chi connectivity index (χ3v) is 4.14. The van der Waals surface area contributed by atoms with Gasteiger partial charge in [-0.05, 0) is 22.9 Å². The zero-order valence-electron chi connectivity index (χ0n) is 18.3. The lowest BCUT2D eigenvalue weighted by Gasteiger charge is -1.96. The van der Waals surface area contributed by atoms with Gasteiger partial charge in [0.25, 0.3) is 11.4 Å². The topological polar surface area (TPSA) is 154 Å². The fraction of sp³-hybridized carbons (Fsp3) is 0. The summed E-state index contributed by atoms with van der Waals surface area (Å²) in [6, 6.07) is 21.4. The molecule has 0 saturated carbocycles. The summed E-state index contributed by atoms with van der Waals surface area (Å²) >= 11 is 0. The smallest absolute Gasteiger partial charge is 0.298 e.